The molecule has 5 aromatic rings. The van der Waals surface area contributed by atoms with Crippen LogP contribution in [0.25, 0.3) is 22.2 Å². The van der Waals surface area contributed by atoms with Crippen molar-refractivity contribution in [3.05, 3.63) is 131 Å². The van der Waals surface area contributed by atoms with Crippen LogP contribution in [0.15, 0.2) is 103 Å². The molecule has 2 N–H and O–H groups in total. The Morgan fingerprint density at radius 3 is 2.31 bits per heavy atom. The minimum atomic E-state index is -0.546. The van der Waals surface area contributed by atoms with Gasteiger partial charge in [-0.3, -0.25) is 9.78 Å². The Morgan fingerprint density at radius 2 is 1.55 bits per heavy atom. The van der Waals surface area contributed by atoms with E-state index < -0.39 is 12.1 Å². The lowest BCUT2D eigenvalue weighted by atomic mass is 9.97. The van der Waals surface area contributed by atoms with E-state index in [2.05, 4.69) is 50.5 Å². The molecule has 8 rings (SSSR count). The highest BCUT2D eigenvalue weighted by atomic mass is 16.7. The summed E-state index contributed by atoms with van der Waals surface area (Å²) >= 11 is 0. The van der Waals surface area contributed by atoms with Gasteiger partial charge in [-0.05, 0) is 39.9 Å². The van der Waals surface area contributed by atoms with E-state index in [-0.39, 0.29) is 30.4 Å². The molecular weight excluding hydrogens is 644 g/mol. The zero-order valence-corrected chi connectivity index (χ0v) is 28.4. The number of aliphatic hydroxyl groups excluding tert-OH is 1. The molecule has 262 valence electrons. The molecule has 3 aliphatic heterocycles. The first-order valence-electron chi connectivity index (χ1n) is 17.7. The maximum Gasteiger partial charge on any atom is 0.271 e. The second-order valence-electron chi connectivity index (χ2n) is 13.5. The SMILES string of the molecule is O=C(NCc1ccccc1-c1ccc(C2OC(CN3CCC4(CC3)OCCO4)CC(c3ccc(CO)cc3)O2)cc1)c1cnc2ccccc2n1. The van der Waals surface area contributed by atoms with Gasteiger partial charge in [0.15, 0.2) is 12.1 Å². The van der Waals surface area contributed by atoms with Gasteiger partial charge in [-0.25, -0.2) is 4.98 Å². The smallest absolute Gasteiger partial charge is 0.271 e. The molecule has 0 bridgehead atoms. The van der Waals surface area contributed by atoms with Gasteiger partial charge in [0.1, 0.15) is 5.69 Å². The lowest BCUT2D eigenvalue weighted by Crippen LogP contribution is -2.48. The average Bonchev–Trinajstić information content (AvgIpc) is 3.65. The third kappa shape index (κ3) is 7.57. The van der Waals surface area contributed by atoms with E-state index in [1.165, 1.54) is 6.20 Å². The second-order valence-corrected chi connectivity index (χ2v) is 13.5. The maximum absolute atomic E-state index is 13.0. The van der Waals surface area contributed by atoms with Gasteiger partial charge in [0.05, 0.1) is 49.3 Å². The number of rotatable bonds is 9. The number of aromatic nitrogens is 2. The number of nitrogens with zero attached hydrogens (tertiary/aromatic N) is 3. The Morgan fingerprint density at radius 1 is 0.843 bits per heavy atom. The number of amides is 1. The molecule has 4 aromatic carbocycles. The van der Waals surface area contributed by atoms with E-state index in [9.17, 15) is 9.90 Å². The van der Waals surface area contributed by atoms with Crippen LogP contribution < -0.4 is 5.32 Å². The van der Waals surface area contributed by atoms with Crippen LogP contribution in [-0.4, -0.2) is 70.6 Å². The van der Waals surface area contributed by atoms with E-state index in [4.69, 9.17) is 18.9 Å². The summed E-state index contributed by atoms with van der Waals surface area (Å²) in [4.78, 5) is 24.3. The highest BCUT2D eigenvalue weighted by molar-refractivity contribution is 5.93. The molecule has 0 saturated carbocycles. The first-order valence-corrected chi connectivity index (χ1v) is 17.7. The van der Waals surface area contributed by atoms with E-state index in [0.717, 1.165) is 77.8 Å². The molecule has 10 nitrogen and oxygen atoms in total. The van der Waals surface area contributed by atoms with Crippen LogP contribution in [0, 0.1) is 0 Å². The Hall–Kier alpha value is -4.55. The molecule has 0 radical (unpaired) electrons. The molecular formula is C41H42N4O6. The molecule has 1 spiro atoms. The summed E-state index contributed by atoms with van der Waals surface area (Å²) in [6.07, 6.45) is 3.21. The monoisotopic (exact) mass is 686 g/mol. The molecule has 3 aliphatic rings. The second kappa shape index (κ2) is 15.0. The van der Waals surface area contributed by atoms with Crippen molar-refractivity contribution in [1.29, 1.82) is 0 Å². The van der Waals surface area contributed by atoms with E-state index in [1.54, 1.807) is 0 Å². The number of nitrogens with one attached hydrogen (secondary N) is 1. The number of ether oxygens (including phenoxy) is 4. The minimum Gasteiger partial charge on any atom is -0.392 e. The number of hydrogen-bond donors (Lipinski definition) is 2. The number of benzene rings is 4. The van der Waals surface area contributed by atoms with Gasteiger partial charge in [0.2, 0.25) is 0 Å². The lowest BCUT2D eigenvalue weighted by Gasteiger charge is -2.41. The van der Waals surface area contributed by atoms with Gasteiger partial charge in [-0.1, -0.05) is 84.9 Å². The predicted molar refractivity (Wildman–Crippen MR) is 191 cm³/mol. The number of carbonyl (C=O) groups excluding carboxylic acids is 1. The van der Waals surface area contributed by atoms with E-state index in [1.807, 2.05) is 66.7 Å². The Labute approximate surface area is 297 Å². The summed E-state index contributed by atoms with van der Waals surface area (Å²) in [6, 6.07) is 31.8. The van der Waals surface area contributed by atoms with Gasteiger partial charge in [-0.15, -0.1) is 0 Å². The predicted octanol–water partition coefficient (Wildman–Crippen LogP) is 6.10. The standard InChI is InChI=1S/C41H42N4O6/c46-27-28-9-11-30(12-10-28)38-23-33(26-45-19-17-41(18-20-45)48-21-22-49-41)50-40(51-38)31-15-13-29(14-16-31)34-6-2-1-5-32(34)24-43-39(47)37-25-42-35-7-3-4-8-36(35)44-37/h1-16,25,33,38,40,46H,17-24,26-27H2,(H,43,47). The quantitative estimate of drug-likeness (QED) is 0.190. The highest BCUT2D eigenvalue weighted by Crippen LogP contribution is 2.40. The van der Waals surface area contributed by atoms with Crippen molar-refractivity contribution in [3.8, 4) is 11.1 Å². The van der Waals surface area contributed by atoms with Gasteiger partial charge in [-0.2, -0.15) is 0 Å². The average molecular weight is 687 g/mol. The first-order chi connectivity index (χ1) is 25.0. The van der Waals surface area contributed by atoms with Crippen LogP contribution in [0.4, 0.5) is 0 Å². The third-order valence-corrected chi connectivity index (χ3v) is 10.1. The minimum absolute atomic E-state index is 0.00499. The summed E-state index contributed by atoms with van der Waals surface area (Å²) in [5.41, 5.74) is 7.63. The van der Waals surface area contributed by atoms with Crippen LogP contribution in [0.5, 0.6) is 0 Å². The molecule has 3 atom stereocenters. The van der Waals surface area contributed by atoms with Crippen LogP contribution in [0.1, 0.15) is 64.4 Å². The zero-order valence-electron chi connectivity index (χ0n) is 28.4. The molecule has 0 aliphatic carbocycles. The molecule has 1 aromatic heterocycles. The summed E-state index contributed by atoms with van der Waals surface area (Å²) in [7, 11) is 0. The molecule has 1 amide bonds. The zero-order chi connectivity index (χ0) is 34.6. The third-order valence-electron chi connectivity index (χ3n) is 10.1. The molecule has 4 heterocycles. The van der Waals surface area contributed by atoms with Gasteiger partial charge < -0.3 is 34.3 Å². The van der Waals surface area contributed by atoms with Crippen LogP contribution >= 0.6 is 0 Å². The van der Waals surface area contributed by atoms with Gasteiger partial charge >= 0.3 is 0 Å². The first kappa shape index (κ1) is 33.6. The summed E-state index contributed by atoms with van der Waals surface area (Å²) < 4.78 is 25.2. The number of aliphatic hydroxyl groups is 1. The Balaban J connectivity index is 0.967. The number of hydrogen-bond acceptors (Lipinski definition) is 9. The van der Waals surface area contributed by atoms with Crippen LogP contribution in [0.2, 0.25) is 0 Å². The topological polar surface area (TPSA) is 115 Å². The van der Waals surface area contributed by atoms with Crippen molar-refractivity contribution < 1.29 is 28.8 Å². The largest absolute Gasteiger partial charge is 0.392 e. The van der Waals surface area contributed by atoms with Crippen molar-refractivity contribution in [3.63, 3.8) is 0 Å². The fraction of sp³-hybridized carbons (Fsp3) is 0.341. The van der Waals surface area contributed by atoms with Crippen molar-refractivity contribution in [1.82, 2.24) is 20.2 Å². The normalized spacial score (nSPS) is 21.9. The van der Waals surface area contributed by atoms with Crippen molar-refractivity contribution in [2.24, 2.45) is 0 Å². The van der Waals surface area contributed by atoms with Crippen LogP contribution in [0.3, 0.4) is 0 Å². The Bertz CT molecular complexity index is 1950. The number of para-hydroxylation sites is 2. The number of fused-ring (bicyclic) bond motifs is 1. The fourth-order valence-corrected chi connectivity index (χ4v) is 7.29. The molecule has 3 fully saturated rings. The summed E-state index contributed by atoms with van der Waals surface area (Å²) in [5, 5.41) is 12.6. The summed E-state index contributed by atoms with van der Waals surface area (Å²) in [5.74, 6) is -0.686. The summed E-state index contributed by atoms with van der Waals surface area (Å²) in [6.45, 7) is 4.27. The van der Waals surface area contributed by atoms with Crippen molar-refractivity contribution in [2.75, 3.05) is 32.8 Å². The van der Waals surface area contributed by atoms with Crippen molar-refractivity contribution >= 4 is 16.9 Å². The molecule has 3 unspecified atom stereocenters. The molecule has 10 heteroatoms. The highest BCUT2D eigenvalue weighted by Gasteiger charge is 2.41. The van der Waals surface area contributed by atoms with Gasteiger partial charge in [0, 0.05) is 51.0 Å². The Kier molecular flexibility index (Phi) is 9.86. The van der Waals surface area contributed by atoms with E-state index in [0.29, 0.717) is 25.3 Å². The number of carbonyl (C=O) groups is 1. The van der Waals surface area contributed by atoms with Gasteiger partial charge in [0.25, 0.3) is 5.91 Å². The van der Waals surface area contributed by atoms with Crippen molar-refractivity contribution in [2.45, 2.75) is 56.7 Å². The number of likely N-dealkylation sites (tertiary alicyclic amines) is 1. The lowest BCUT2D eigenvalue weighted by molar-refractivity contribution is -0.255. The van der Waals surface area contributed by atoms with Crippen LogP contribution in [-0.2, 0) is 32.1 Å². The molecule has 51 heavy (non-hydrogen) atoms. The van der Waals surface area contributed by atoms with E-state index >= 15 is 0 Å². The fourth-order valence-electron chi connectivity index (χ4n) is 7.29. The number of piperidine rings is 1. The maximum atomic E-state index is 13.0. The molecule has 3 saturated heterocycles.